The molecule has 2 aromatic heterocycles. The SMILES string of the molecule is Brc1cncnc1Nc1cnn(CC2CCCO2)c1. The van der Waals surface area contributed by atoms with Gasteiger partial charge in [-0.25, -0.2) is 9.97 Å². The van der Waals surface area contributed by atoms with Crippen molar-refractivity contribution >= 4 is 27.4 Å². The molecule has 0 radical (unpaired) electrons. The monoisotopic (exact) mass is 323 g/mol. The van der Waals surface area contributed by atoms with Crippen molar-refractivity contribution in [1.29, 1.82) is 0 Å². The number of ether oxygens (including phenoxy) is 1. The van der Waals surface area contributed by atoms with Gasteiger partial charge in [0.15, 0.2) is 0 Å². The van der Waals surface area contributed by atoms with Crippen LogP contribution in [0.5, 0.6) is 0 Å². The summed E-state index contributed by atoms with van der Waals surface area (Å²) >= 11 is 3.40. The van der Waals surface area contributed by atoms with Crippen LogP contribution in [0.1, 0.15) is 12.8 Å². The second-order valence-electron chi connectivity index (χ2n) is 4.43. The molecule has 1 aliphatic heterocycles. The van der Waals surface area contributed by atoms with E-state index in [2.05, 4.69) is 36.3 Å². The van der Waals surface area contributed by atoms with E-state index in [4.69, 9.17) is 4.74 Å². The first kappa shape index (κ1) is 12.6. The Kier molecular flexibility index (Phi) is 3.74. The Bertz CT molecular complexity index is 553. The molecular weight excluding hydrogens is 310 g/mol. The van der Waals surface area contributed by atoms with E-state index in [9.17, 15) is 0 Å². The Morgan fingerprint density at radius 1 is 1.47 bits per heavy atom. The summed E-state index contributed by atoms with van der Waals surface area (Å²) in [5, 5.41) is 7.52. The van der Waals surface area contributed by atoms with E-state index in [0.29, 0.717) is 6.10 Å². The van der Waals surface area contributed by atoms with E-state index >= 15 is 0 Å². The molecule has 19 heavy (non-hydrogen) atoms. The van der Waals surface area contributed by atoms with Crippen LogP contribution in [0.4, 0.5) is 11.5 Å². The highest BCUT2D eigenvalue weighted by atomic mass is 79.9. The summed E-state index contributed by atoms with van der Waals surface area (Å²) in [5.74, 6) is 0.728. The van der Waals surface area contributed by atoms with Crippen LogP contribution < -0.4 is 5.32 Å². The van der Waals surface area contributed by atoms with Gasteiger partial charge in [-0.2, -0.15) is 5.10 Å². The third-order valence-corrected chi connectivity index (χ3v) is 3.56. The lowest BCUT2D eigenvalue weighted by atomic mass is 10.2. The highest BCUT2D eigenvalue weighted by molar-refractivity contribution is 9.10. The lowest BCUT2D eigenvalue weighted by molar-refractivity contribution is 0.0940. The smallest absolute Gasteiger partial charge is 0.148 e. The fraction of sp³-hybridized carbons (Fsp3) is 0.417. The highest BCUT2D eigenvalue weighted by Crippen LogP contribution is 2.22. The van der Waals surface area contributed by atoms with Crippen LogP contribution in [0.2, 0.25) is 0 Å². The van der Waals surface area contributed by atoms with Crippen LogP contribution in [0.15, 0.2) is 29.4 Å². The molecule has 0 spiro atoms. The predicted octanol–water partition coefficient (Wildman–Crippen LogP) is 2.36. The number of hydrogen-bond donors (Lipinski definition) is 1. The molecule has 1 N–H and O–H groups in total. The maximum Gasteiger partial charge on any atom is 0.148 e. The molecule has 0 amide bonds. The van der Waals surface area contributed by atoms with Gasteiger partial charge in [0, 0.05) is 19.0 Å². The van der Waals surface area contributed by atoms with Crippen molar-refractivity contribution in [3.05, 3.63) is 29.4 Å². The molecule has 2 aromatic rings. The summed E-state index contributed by atoms with van der Waals surface area (Å²) in [7, 11) is 0. The standard InChI is InChI=1S/C12H14BrN5O/c13-11-5-14-8-15-12(11)17-9-4-16-18(6-9)7-10-2-1-3-19-10/h4-6,8,10H,1-3,7H2,(H,14,15,17). The topological polar surface area (TPSA) is 64.9 Å². The van der Waals surface area contributed by atoms with Gasteiger partial charge in [-0.15, -0.1) is 0 Å². The van der Waals surface area contributed by atoms with Crippen LogP contribution in [0.3, 0.4) is 0 Å². The van der Waals surface area contributed by atoms with Gasteiger partial charge >= 0.3 is 0 Å². The first-order valence-corrected chi connectivity index (χ1v) is 6.97. The molecule has 0 saturated carbocycles. The summed E-state index contributed by atoms with van der Waals surface area (Å²) in [6.45, 7) is 1.66. The van der Waals surface area contributed by atoms with Gasteiger partial charge in [0.05, 0.1) is 29.0 Å². The van der Waals surface area contributed by atoms with E-state index in [-0.39, 0.29) is 0 Å². The summed E-state index contributed by atoms with van der Waals surface area (Å²) in [5.41, 5.74) is 0.900. The van der Waals surface area contributed by atoms with Crippen molar-refractivity contribution in [3.8, 4) is 0 Å². The predicted molar refractivity (Wildman–Crippen MR) is 74.2 cm³/mol. The van der Waals surface area contributed by atoms with Crippen LogP contribution in [-0.4, -0.2) is 32.5 Å². The van der Waals surface area contributed by atoms with Crippen LogP contribution in [-0.2, 0) is 11.3 Å². The fourth-order valence-electron chi connectivity index (χ4n) is 2.07. The Balaban J connectivity index is 1.66. The molecule has 1 unspecified atom stereocenters. The summed E-state index contributed by atoms with van der Waals surface area (Å²) in [4.78, 5) is 8.08. The van der Waals surface area contributed by atoms with Crippen molar-refractivity contribution in [2.75, 3.05) is 11.9 Å². The van der Waals surface area contributed by atoms with Crippen LogP contribution in [0.25, 0.3) is 0 Å². The minimum atomic E-state index is 0.290. The van der Waals surface area contributed by atoms with E-state index in [1.54, 1.807) is 12.4 Å². The third kappa shape index (κ3) is 3.10. The zero-order chi connectivity index (χ0) is 13.1. The molecule has 1 fully saturated rings. The average molecular weight is 324 g/mol. The highest BCUT2D eigenvalue weighted by Gasteiger charge is 2.16. The molecule has 0 bridgehead atoms. The van der Waals surface area contributed by atoms with Gasteiger partial charge in [0.2, 0.25) is 0 Å². The Morgan fingerprint density at radius 2 is 2.42 bits per heavy atom. The zero-order valence-electron chi connectivity index (χ0n) is 10.3. The molecule has 0 aromatic carbocycles. The van der Waals surface area contributed by atoms with Gasteiger partial charge in [-0.1, -0.05) is 0 Å². The molecule has 3 rings (SSSR count). The van der Waals surface area contributed by atoms with Crippen molar-refractivity contribution < 1.29 is 4.74 Å². The zero-order valence-corrected chi connectivity index (χ0v) is 11.9. The summed E-state index contributed by atoms with van der Waals surface area (Å²) in [6, 6.07) is 0. The normalized spacial score (nSPS) is 18.7. The van der Waals surface area contributed by atoms with E-state index in [0.717, 1.165) is 42.0 Å². The van der Waals surface area contributed by atoms with E-state index in [1.807, 2.05) is 10.9 Å². The maximum atomic E-state index is 5.59. The summed E-state index contributed by atoms with van der Waals surface area (Å²) < 4.78 is 8.31. The minimum absolute atomic E-state index is 0.290. The molecule has 6 nitrogen and oxygen atoms in total. The Labute approximate surface area is 119 Å². The second-order valence-corrected chi connectivity index (χ2v) is 5.28. The Morgan fingerprint density at radius 3 is 3.21 bits per heavy atom. The molecule has 1 saturated heterocycles. The lowest BCUT2D eigenvalue weighted by Gasteiger charge is -2.08. The fourth-order valence-corrected chi connectivity index (χ4v) is 2.39. The van der Waals surface area contributed by atoms with E-state index in [1.165, 1.54) is 6.33 Å². The summed E-state index contributed by atoms with van der Waals surface area (Å²) in [6.07, 6.45) is 9.49. The molecule has 1 atom stereocenters. The first-order valence-electron chi connectivity index (χ1n) is 6.18. The van der Waals surface area contributed by atoms with Gasteiger partial charge in [0.25, 0.3) is 0 Å². The Hall–Kier alpha value is -1.47. The maximum absolute atomic E-state index is 5.59. The number of nitrogens with zero attached hydrogens (tertiary/aromatic N) is 4. The number of anilines is 2. The molecule has 0 aliphatic carbocycles. The van der Waals surface area contributed by atoms with Crippen molar-refractivity contribution in [2.45, 2.75) is 25.5 Å². The number of aromatic nitrogens is 4. The molecule has 100 valence electrons. The third-order valence-electron chi connectivity index (χ3n) is 2.98. The average Bonchev–Trinajstić information content (AvgIpc) is 3.05. The van der Waals surface area contributed by atoms with Gasteiger partial charge < -0.3 is 10.1 Å². The van der Waals surface area contributed by atoms with Gasteiger partial charge in [0.1, 0.15) is 12.1 Å². The molecular formula is C12H14BrN5O. The number of hydrogen-bond acceptors (Lipinski definition) is 5. The minimum Gasteiger partial charge on any atom is -0.376 e. The second kappa shape index (κ2) is 5.66. The van der Waals surface area contributed by atoms with Crippen molar-refractivity contribution in [3.63, 3.8) is 0 Å². The van der Waals surface area contributed by atoms with Crippen molar-refractivity contribution in [1.82, 2.24) is 19.7 Å². The first-order chi connectivity index (χ1) is 9.31. The molecule has 3 heterocycles. The van der Waals surface area contributed by atoms with Gasteiger partial charge in [-0.05, 0) is 28.8 Å². The largest absolute Gasteiger partial charge is 0.376 e. The number of halogens is 1. The lowest BCUT2D eigenvalue weighted by Crippen LogP contribution is -2.15. The van der Waals surface area contributed by atoms with Crippen LogP contribution >= 0.6 is 15.9 Å². The number of rotatable bonds is 4. The quantitative estimate of drug-likeness (QED) is 0.935. The van der Waals surface area contributed by atoms with Gasteiger partial charge in [-0.3, -0.25) is 4.68 Å². The van der Waals surface area contributed by atoms with Crippen molar-refractivity contribution in [2.24, 2.45) is 0 Å². The molecule has 7 heteroatoms. The molecule has 1 aliphatic rings. The van der Waals surface area contributed by atoms with Crippen LogP contribution in [0, 0.1) is 0 Å². The number of nitrogens with one attached hydrogen (secondary N) is 1. The van der Waals surface area contributed by atoms with E-state index < -0.39 is 0 Å².